The summed E-state index contributed by atoms with van der Waals surface area (Å²) in [6.07, 6.45) is 3.38. The van der Waals surface area contributed by atoms with E-state index >= 15 is 0 Å². The highest BCUT2D eigenvalue weighted by Crippen LogP contribution is 2.32. The summed E-state index contributed by atoms with van der Waals surface area (Å²) in [4.78, 5) is 0. The highest BCUT2D eigenvalue weighted by Gasteiger charge is 2.30. The second-order valence-electron chi connectivity index (χ2n) is 4.20. The van der Waals surface area contributed by atoms with E-state index in [1.54, 1.807) is 0 Å². The van der Waals surface area contributed by atoms with E-state index in [4.69, 9.17) is 0 Å². The maximum atomic E-state index is 9.76. The summed E-state index contributed by atoms with van der Waals surface area (Å²) < 4.78 is 0. The number of hydrogen-bond donors (Lipinski definition) is 5. The lowest BCUT2D eigenvalue weighted by Crippen LogP contribution is -2.27. The topological polar surface area (TPSA) is 101 Å². The highest BCUT2D eigenvalue weighted by atomic mass is 16.3. The van der Waals surface area contributed by atoms with Crippen molar-refractivity contribution < 1.29 is 25.5 Å². The fraction of sp³-hybridized carbons (Fsp3) is 0.333. The molecule has 5 N–H and O–H groups in total. The van der Waals surface area contributed by atoms with E-state index in [1.165, 1.54) is 18.2 Å². The zero-order valence-electron chi connectivity index (χ0n) is 8.98. The normalized spacial score (nSPS) is 33.4. The van der Waals surface area contributed by atoms with Crippen LogP contribution in [0, 0.1) is 5.92 Å². The van der Waals surface area contributed by atoms with Gasteiger partial charge in [0.15, 0.2) is 0 Å². The molecule has 3 unspecified atom stereocenters. The number of allylic oxidation sites excluding steroid dienone is 2. The van der Waals surface area contributed by atoms with Crippen LogP contribution in [0.1, 0.15) is 6.42 Å². The Bertz CT molecular complexity index is 444. The summed E-state index contributed by atoms with van der Waals surface area (Å²) in [6, 6.07) is 0. The largest absolute Gasteiger partial charge is 0.512 e. The smallest absolute Gasteiger partial charge is 0.117 e. The third kappa shape index (κ3) is 2.35. The molecule has 0 aliphatic heterocycles. The molecule has 2 aliphatic carbocycles. The fourth-order valence-corrected chi connectivity index (χ4v) is 2.09. The van der Waals surface area contributed by atoms with E-state index in [9.17, 15) is 25.5 Å². The van der Waals surface area contributed by atoms with E-state index in [2.05, 4.69) is 0 Å². The van der Waals surface area contributed by atoms with Crippen molar-refractivity contribution in [2.24, 2.45) is 5.92 Å². The molecule has 0 bridgehead atoms. The number of aliphatic hydroxyl groups is 5. The minimum absolute atomic E-state index is 0.00576. The van der Waals surface area contributed by atoms with E-state index in [0.29, 0.717) is 5.57 Å². The van der Waals surface area contributed by atoms with E-state index in [1.807, 2.05) is 0 Å². The SMILES string of the molecule is OC1=CC(O)C(C2=CC(O)CC(O)=C2)C(O)=C1. The monoisotopic (exact) mass is 238 g/mol. The molecule has 2 aliphatic rings. The van der Waals surface area contributed by atoms with Gasteiger partial charge in [-0.25, -0.2) is 0 Å². The van der Waals surface area contributed by atoms with Crippen LogP contribution in [-0.2, 0) is 0 Å². The molecule has 2 rings (SSSR count). The summed E-state index contributed by atoms with van der Waals surface area (Å²) in [5, 5.41) is 47.6. The van der Waals surface area contributed by atoms with Crippen LogP contribution in [0.15, 0.2) is 47.2 Å². The molecule has 92 valence electrons. The first-order chi connectivity index (χ1) is 7.97. The Labute approximate surface area is 98.0 Å². The van der Waals surface area contributed by atoms with Gasteiger partial charge in [-0.2, -0.15) is 0 Å². The predicted molar refractivity (Wildman–Crippen MR) is 60.3 cm³/mol. The molecule has 17 heavy (non-hydrogen) atoms. The predicted octanol–water partition coefficient (Wildman–Crippen LogP) is 0.994. The van der Waals surface area contributed by atoms with Gasteiger partial charge in [0.2, 0.25) is 0 Å². The third-order valence-corrected chi connectivity index (χ3v) is 2.79. The summed E-state index contributed by atoms with van der Waals surface area (Å²) in [6.45, 7) is 0. The average molecular weight is 238 g/mol. The molecule has 0 saturated heterocycles. The van der Waals surface area contributed by atoms with Crippen LogP contribution in [0.2, 0.25) is 0 Å². The first-order valence-electron chi connectivity index (χ1n) is 5.26. The molecule has 0 aromatic heterocycles. The van der Waals surface area contributed by atoms with Crippen LogP contribution in [0.5, 0.6) is 0 Å². The first-order valence-corrected chi connectivity index (χ1v) is 5.26. The van der Waals surface area contributed by atoms with Gasteiger partial charge in [0.25, 0.3) is 0 Å². The van der Waals surface area contributed by atoms with Gasteiger partial charge in [-0.15, -0.1) is 0 Å². The highest BCUT2D eigenvalue weighted by molar-refractivity contribution is 5.39. The lowest BCUT2D eigenvalue weighted by molar-refractivity contribution is 0.147. The molecular weight excluding hydrogens is 224 g/mol. The standard InChI is InChI=1S/C12H14O5/c13-7-1-6(2-8(14)3-7)12-10(16)4-9(15)5-11(12)17/h1-2,4-5,7,10,12-17H,3H2. The molecule has 0 aromatic carbocycles. The Kier molecular flexibility index (Phi) is 2.95. The molecule has 0 saturated carbocycles. The lowest BCUT2D eigenvalue weighted by atomic mass is 9.84. The summed E-state index contributed by atoms with van der Waals surface area (Å²) in [5.41, 5.74) is 0.422. The van der Waals surface area contributed by atoms with Crippen LogP contribution in [0.25, 0.3) is 0 Å². The average Bonchev–Trinajstić information content (AvgIpc) is 2.13. The summed E-state index contributed by atoms with van der Waals surface area (Å²) in [5.74, 6) is -1.20. The fourth-order valence-electron chi connectivity index (χ4n) is 2.09. The van der Waals surface area contributed by atoms with Gasteiger partial charge in [-0.3, -0.25) is 0 Å². The van der Waals surface area contributed by atoms with Gasteiger partial charge in [0.1, 0.15) is 11.5 Å². The van der Waals surface area contributed by atoms with Crippen molar-refractivity contribution in [2.45, 2.75) is 18.6 Å². The second-order valence-corrected chi connectivity index (χ2v) is 4.20. The Morgan fingerprint density at radius 2 is 1.71 bits per heavy atom. The molecule has 0 heterocycles. The minimum atomic E-state index is -1.10. The maximum absolute atomic E-state index is 9.76. The zero-order valence-corrected chi connectivity index (χ0v) is 8.98. The number of aliphatic hydroxyl groups excluding tert-OH is 5. The van der Waals surface area contributed by atoms with Crippen molar-refractivity contribution >= 4 is 0 Å². The van der Waals surface area contributed by atoms with Crippen LogP contribution in [0.3, 0.4) is 0 Å². The number of rotatable bonds is 1. The van der Waals surface area contributed by atoms with Crippen LogP contribution in [-0.4, -0.2) is 37.7 Å². The maximum Gasteiger partial charge on any atom is 0.117 e. The Morgan fingerprint density at radius 1 is 1.00 bits per heavy atom. The van der Waals surface area contributed by atoms with Gasteiger partial charge < -0.3 is 25.5 Å². The Balaban J connectivity index is 2.33. The molecule has 5 nitrogen and oxygen atoms in total. The van der Waals surface area contributed by atoms with Gasteiger partial charge in [0, 0.05) is 12.5 Å². The Morgan fingerprint density at radius 3 is 2.29 bits per heavy atom. The second kappa shape index (κ2) is 4.27. The third-order valence-electron chi connectivity index (χ3n) is 2.79. The molecule has 0 radical (unpaired) electrons. The minimum Gasteiger partial charge on any atom is -0.512 e. The summed E-state index contributed by atoms with van der Waals surface area (Å²) >= 11 is 0. The molecule has 0 fully saturated rings. The molecule has 5 heteroatoms. The van der Waals surface area contributed by atoms with Gasteiger partial charge in [-0.1, -0.05) is 6.08 Å². The van der Waals surface area contributed by atoms with Gasteiger partial charge in [0.05, 0.1) is 23.9 Å². The first kappa shape index (κ1) is 11.8. The zero-order chi connectivity index (χ0) is 12.6. The van der Waals surface area contributed by atoms with Gasteiger partial charge in [-0.05, 0) is 17.7 Å². The quantitative estimate of drug-likeness (QED) is 0.469. The van der Waals surface area contributed by atoms with Crippen LogP contribution < -0.4 is 0 Å². The van der Waals surface area contributed by atoms with Crippen molar-refractivity contribution in [1.29, 1.82) is 0 Å². The number of hydrogen-bond acceptors (Lipinski definition) is 5. The van der Waals surface area contributed by atoms with Crippen molar-refractivity contribution in [3.05, 3.63) is 47.2 Å². The van der Waals surface area contributed by atoms with Crippen molar-refractivity contribution in [2.75, 3.05) is 0 Å². The lowest BCUT2D eigenvalue weighted by Gasteiger charge is -2.27. The van der Waals surface area contributed by atoms with E-state index in [-0.39, 0.29) is 23.7 Å². The van der Waals surface area contributed by atoms with Crippen molar-refractivity contribution in [3.63, 3.8) is 0 Å². The van der Waals surface area contributed by atoms with Crippen LogP contribution >= 0.6 is 0 Å². The molecule has 0 aromatic rings. The molecule has 3 atom stereocenters. The van der Waals surface area contributed by atoms with E-state index < -0.39 is 18.1 Å². The van der Waals surface area contributed by atoms with Crippen LogP contribution in [0.4, 0.5) is 0 Å². The molecule has 0 spiro atoms. The van der Waals surface area contributed by atoms with Gasteiger partial charge >= 0.3 is 0 Å². The molecular formula is C12H14O5. The molecule has 0 amide bonds. The van der Waals surface area contributed by atoms with Crippen molar-refractivity contribution in [1.82, 2.24) is 0 Å². The Hall–Kier alpha value is -1.72. The summed E-state index contributed by atoms with van der Waals surface area (Å²) in [7, 11) is 0. The van der Waals surface area contributed by atoms with Crippen molar-refractivity contribution in [3.8, 4) is 0 Å². The van der Waals surface area contributed by atoms with E-state index in [0.717, 1.165) is 6.08 Å².